The van der Waals surface area contributed by atoms with Gasteiger partial charge in [-0.25, -0.2) is 9.98 Å². The molecule has 6 rings (SSSR count). The molecule has 45 heavy (non-hydrogen) atoms. The third-order valence-corrected chi connectivity index (χ3v) is 6.97. The third kappa shape index (κ3) is 8.03. The lowest BCUT2D eigenvalue weighted by Gasteiger charge is -2.35. The zero-order valence-corrected chi connectivity index (χ0v) is 24.8. The smallest absolute Gasteiger partial charge is 0.209 e. The van der Waals surface area contributed by atoms with Crippen LogP contribution in [0.1, 0.15) is 0 Å². The van der Waals surface area contributed by atoms with Crippen molar-refractivity contribution in [1.29, 1.82) is 0 Å². The molecule has 0 saturated heterocycles. The van der Waals surface area contributed by atoms with Gasteiger partial charge in [-0.2, -0.15) is 0 Å². The first-order valence-corrected chi connectivity index (χ1v) is 14.9. The fraction of sp³-hybridized carbons (Fsp3) is 0.0256. The average molecular weight is 587 g/mol. The summed E-state index contributed by atoms with van der Waals surface area (Å²) in [6.45, 7) is 0.380. The quantitative estimate of drug-likeness (QED) is 0.106. The molecule has 0 aliphatic rings. The monoisotopic (exact) mass is 586 g/mol. The molecular formula is C39H34N6. The van der Waals surface area contributed by atoms with E-state index in [1.807, 2.05) is 158 Å². The summed E-state index contributed by atoms with van der Waals surface area (Å²) < 4.78 is 0. The van der Waals surface area contributed by atoms with Crippen molar-refractivity contribution in [1.82, 2.24) is 0 Å². The SMILES string of the molecule is c1ccc(/N=C(\Nc2ccccc2)N(CN(/C(=N/c2ccccc2)Nc2ccccc2)c2ccccc2)c2ccccc2)cc1. The number of rotatable bonds is 8. The van der Waals surface area contributed by atoms with Crippen molar-refractivity contribution in [2.45, 2.75) is 0 Å². The molecule has 0 amide bonds. The number of nitrogens with zero attached hydrogens (tertiary/aromatic N) is 4. The van der Waals surface area contributed by atoms with E-state index in [1.165, 1.54) is 0 Å². The maximum atomic E-state index is 5.15. The van der Waals surface area contributed by atoms with Crippen LogP contribution >= 0.6 is 0 Å². The normalized spacial score (nSPS) is 11.5. The summed E-state index contributed by atoms with van der Waals surface area (Å²) in [6.07, 6.45) is 0. The minimum atomic E-state index is 0.380. The van der Waals surface area contributed by atoms with Crippen LogP contribution in [0.5, 0.6) is 0 Å². The van der Waals surface area contributed by atoms with E-state index in [9.17, 15) is 0 Å². The molecule has 0 spiro atoms. The van der Waals surface area contributed by atoms with Crippen molar-refractivity contribution in [2.75, 3.05) is 27.1 Å². The topological polar surface area (TPSA) is 55.3 Å². The molecule has 0 aromatic heterocycles. The molecule has 0 saturated carbocycles. The van der Waals surface area contributed by atoms with Crippen LogP contribution in [0.2, 0.25) is 0 Å². The van der Waals surface area contributed by atoms with Crippen molar-refractivity contribution in [3.63, 3.8) is 0 Å². The number of anilines is 4. The van der Waals surface area contributed by atoms with Gasteiger partial charge >= 0.3 is 0 Å². The van der Waals surface area contributed by atoms with E-state index >= 15 is 0 Å². The minimum Gasteiger partial charge on any atom is -0.326 e. The molecule has 0 fully saturated rings. The summed E-state index contributed by atoms with van der Waals surface area (Å²) in [5.74, 6) is 1.33. The molecule has 6 aromatic rings. The number of nitrogens with one attached hydrogen (secondary N) is 2. The number of benzene rings is 6. The van der Waals surface area contributed by atoms with Gasteiger partial charge in [-0.1, -0.05) is 109 Å². The Balaban J connectivity index is 1.50. The molecule has 0 aliphatic heterocycles. The van der Waals surface area contributed by atoms with Crippen molar-refractivity contribution in [2.24, 2.45) is 9.98 Å². The Hall–Kier alpha value is -6.14. The Morgan fingerprint density at radius 3 is 1.00 bits per heavy atom. The molecule has 0 heterocycles. The van der Waals surface area contributed by atoms with Gasteiger partial charge in [0.05, 0.1) is 11.4 Å². The van der Waals surface area contributed by atoms with Crippen LogP contribution in [0.3, 0.4) is 0 Å². The molecule has 0 unspecified atom stereocenters. The van der Waals surface area contributed by atoms with Crippen LogP contribution in [0, 0.1) is 0 Å². The Morgan fingerprint density at radius 1 is 0.378 bits per heavy atom. The predicted molar refractivity (Wildman–Crippen MR) is 190 cm³/mol. The predicted octanol–water partition coefficient (Wildman–Crippen LogP) is 9.56. The fourth-order valence-corrected chi connectivity index (χ4v) is 4.76. The van der Waals surface area contributed by atoms with E-state index in [0.29, 0.717) is 18.6 Å². The number of hydrogen-bond acceptors (Lipinski definition) is 2. The molecule has 0 bridgehead atoms. The highest BCUT2D eigenvalue weighted by Gasteiger charge is 2.23. The molecule has 0 atom stereocenters. The lowest BCUT2D eigenvalue weighted by Crippen LogP contribution is -2.49. The minimum absolute atomic E-state index is 0.380. The highest BCUT2D eigenvalue weighted by molar-refractivity contribution is 6.10. The summed E-state index contributed by atoms with van der Waals surface area (Å²) in [7, 11) is 0. The maximum Gasteiger partial charge on any atom is 0.209 e. The summed E-state index contributed by atoms with van der Waals surface area (Å²) in [4.78, 5) is 14.6. The lowest BCUT2D eigenvalue weighted by molar-refractivity contribution is 0.960. The van der Waals surface area contributed by atoms with E-state index in [2.05, 4.69) is 44.7 Å². The third-order valence-electron chi connectivity index (χ3n) is 6.97. The maximum absolute atomic E-state index is 5.15. The second kappa shape index (κ2) is 14.8. The van der Waals surface area contributed by atoms with Crippen molar-refractivity contribution < 1.29 is 0 Å². The Kier molecular flexibility index (Phi) is 9.55. The van der Waals surface area contributed by atoms with E-state index in [1.54, 1.807) is 0 Å². The molecule has 0 radical (unpaired) electrons. The Labute approximate surface area is 264 Å². The van der Waals surface area contributed by atoms with Crippen molar-refractivity contribution in [3.05, 3.63) is 182 Å². The van der Waals surface area contributed by atoms with E-state index in [0.717, 1.165) is 34.1 Å². The standard InChI is InChI=1S/C39H34N6/c1-7-19-32(20-8-1)40-38(41-33-21-9-2-10-22-33)44(36-27-15-5-16-28-36)31-45(37-29-17-6-18-30-37)39(42-34-23-11-3-12-24-34)43-35-25-13-4-14-26-35/h1-30H,31H2,(H,40,41)(H,42,43). The first-order valence-electron chi connectivity index (χ1n) is 14.9. The van der Waals surface area contributed by atoms with Gasteiger partial charge in [0.15, 0.2) is 0 Å². The summed E-state index contributed by atoms with van der Waals surface area (Å²) in [6, 6.07) is 60.8. The van der Waals surface area contributed by atoms with Gasteiger partial charge in [0, 0.05) is 22.7 Å². The Morgan fingerprint density at radius 2 is 0.667 bits per heavy atom. The van der Waals surface area contributed by atoms with Gasteiger partial charge < -0.3 is 10.6 Å². The average Bonchev–Trinajstić information content (AvgIpc) is 3.11. The van der Waals surface area contributed by atoms with Gasteiger partial charge in [-0.05, 0) is 72.8 Å². The summed E-state index contributed by atoms with van der Waals surface area (Å²) in [5.41, 5.74) is 5.47. The van der Waals surface area contributed by atoms with Gasteiger partial charge in [0.2, 0.25) is 11.9 Å². The number of guanidine groups is 2. The van der Waals surface area contributed by atoms with E-state index in [4.69, 9.17) is 9.98 Å². The molecule has 6 nitrogen and oxygen atoms in total. The molecule has 220 valence electrons. The van der Waals surface area contributed by atoms with Gasteiger partial charge in [0.25, 0.3) is 0 Å². The molecule has 6 aromatic carbocycles. The van der Waals surface area contributed by atoms with Gasteiger partial charge in [0.1, 0.15) is 6.67 Å². The second-order valence-electron chi connectivity index (χ2n) is 10.2. The number of aliphatic imine (C=N–C) groups is 2. The number of para-hydroxylation sites is 6. The van der Waals surface area contributed by atoms with Crippen molar-refractivity contribution in [3.8, 4) is 0 Å². The Bertz CT molecular complexity index is 1660. The second-order valence-corrected chi connectivity index (χ2v) is 10.2. The number of hydrogen-bond donors (Lipinski definition) is 2. The van der Waals surface area contributed by atoms with Crippen LogP contribution in [0.15, 0.2) is 192 Å². The lowest BCUT2D eigenvalue weighted by atomic mass is 10.2. The van der Waals surface area contributed by atoms with Crippen LogP contribution < -0.4 is 20.4 Å². The van der Waals surface area contributed by atoms with E-state index in [-0.39, 0.29) is 0 Å². The summed E-state index contributed by atoms with van der Waals surface area (Å²) >= 11 is 0. The van der Waals surface area contributed by atoms with Gasteiger partial charge in [-0.15, -0.1) is 0 Å². The highest BCUT2D eigenvalue weighted by Crippen LogP contribution is 2.25. The molecular weight excluding hydrogens is 552 g/mol. The molecule has 0 aliphatic carbocycles. The molecule has 6 heteroatoms. The summed E-state index contributed by atoms with van der Waals surface area (Å²) in [5, 5.41) is 7.22. The zero-order chi connectivity index (χ0) is 30.5. The van der Waals surface area contributed by atoms with Crippen LogP contribution in [0.25, 0.3) is 0 Å². The van der Waals surface area contributed by atoms with Crippen LogP contribution in [0.4, 0.5) is 34.1 Å². The molecule has 2 N–H and O–H groups in total. The van der Waals surface area contributed by atoms with Gasteiger partial charge in [-0.3, -0.25) is 9.80 Å². The zero-order valence-electron chi connectivity index (χ0n) is 24.8. The van der Waals surface area contributed by atoms with E-state index < -0.39 is 0 Å². The van der Waals surface area contributed by atoms with Crippen LogP contribution in [-0.4, -0.2) is 18.6 Å². The highest BCUT2D eigenvalue weighted by atomic mass is 15.4. The first-order chi connectivity index (χ1) is 22.3. The first kappa shape index (κ1) is 29.0. The largest absolute Gasteiger partial charge is 0.326 e. The van der Waals surface area contributed by atoms with Crippen LogP contribution in [-0.2, 0) is 0 Å². The van der Waals surface area contributed by atoms with Crippen molar-refractivity contribution >= 4 is 46.0 Å². The fourth-order valence-electron chi connectivity index (χ4n) is 4.76.